The van der Waals surface area contributed by atoms with E-state index in [1.165, 1.54) is 22.7 Å². The fourth-order valence-corrected chi connectivity index (χ4v) is 4.86. The third-order valence-electron chi connectivity index (χ3n) is 5.66. The Labute approximate surface area is 180 Å². The number of nitrogens with zero attached hydrogens (tertiary/aromatic N) is 2. The maximum atomic E-state index is 13.3. The van der Waals surface area contributed by atoms with E-state index in [1.807, 2.05) is 35.7 Å². The molecule has 0 saturated carbocycles. The van der Waals surface area contributed by atoms with Gasteiger partial charge in [-0.2, -0.15) is 0 Å². The Kier molecular flexibility index (Phi) is 6.08. The fraction of sp³-hybridized carbons (Fsp3) is 0.391. The molecule has 0 atom stereocenters. The van der Waals surface area contributed by atoms with Gasteiger partial charge in [0.15, 0.2) is 11.5 Å². The van der Waals surface area contributed by atoms with Gasteiger partial charge in [-0.05, 0) is 54.8 Å². The van der Waals surface area contributed by atoms with Gasteiger partial charge in [0.2, 0.25) is 0 Å². The van der Waals surface area contributed by atoms with Crippen molar-refractivity contribution in [2.45, 2.75) is 25.7 Å². The van der Waals surface area contributed by atoms with Crippen LogP contribution >= 0.6 is 11.3 Å². The molecule has 0 N–H and O–H groups in total. The zero-order valence-electron chi connectivity index (χ0n) is 17.3. The van der Waals surface area contributed by atoms with Crippen molar-refractivity contribution in [3.05, 3.63) is 51.8 Å². The predicted octanol–water partition coefficient (Wildman–Crippen LogP) is 3.57. The minimum Gasteiger partial charge on any atom is -0.493 e. The van der Waals surface area contributed by atoms with Crippen LogP contribution in [0.1, 0.15) is 29.7 Å². The first-order valence-electron chi connectivity index (χ1n) is 10.2. The van der Waals surface area contributed by atoms with Crippen LogP contribution in [-0.2, 0) is 16.0 Å². The summed E-state index contributed by atoms with van der Waals surface area (Å²) in [4.78, 5) is 31.0. The van der Waals surface area contributed by atoms with Crippen molar-refractivity contribution < 1.29 is 19.1 Å². The maximum absolute atomic E-state index is 13.3. The summed E-state index contributed by atoms with van der Waals surface area (Å²) in [5, 5.41) is 1.94. The number of hydrogen-bond acceptors (Lipinski definition) is 6. The smallest absolute Gasteiger partial charge is 0.277 e. The lowest BCUT2D eigenvalue weighted by Gasteiger charge is -2.29. The summed E-state index contributed by atoms with van der Waals surface area (Å²) in [5.74, 6) is 0.929. The van der Waals surface area contributed by atoms with Crippen LogP contribution in [0.3, 0.4) is 0 Å². The first-order chi connectivity index (χ1) is 14.6. The zero-order chi connectivity index (χ0) is 21.1. The molecule has 2 aliphatic rings. The van der Waals surface area contributed by atoms with Gasteiger partial charge in [-0.15, -0.1) is 11.3 Å². The SMILES string of the molecule is COc1ccc(CCN2C(=O)C(c3cccs3)=C(N3CCCCC3)C2=O)cc1OC. The summed E-state index contributed by atoms with van der Waals surface area (Å²) in [6.07, 6.45) is 3.83. The largest absolute Gasteiger partial charge is 0.493 e. The molecule has 30 heavy (non-hydrogen) atoms. The van der Waals surface area contributed by atoms with Crippen molar-refractivity contribution in [2.24, 2.45) is 0 Å². The number of hydrogen-bond donors (Lipinski definition) is 0. The molecule has 2 aliphatic heterocycles. The highest BCUT2D eigenvalue weighted by Crippen LogP contribution is 2.35. The number of benzene rings is 1. The third kappa shape index (κ3) is 3.81. The fourth-order valence-electron chi connectivity index (χ4n) is 4.10. The van der Waals surface area contributed by atoms with Crippen LogP contribution in [0.5, 0.6) is 11.5 Å². The van der Waals surface area contributed by atoms with E-state index < -0.39 is 0 Å². The maximum Gasteiger partial charge on any atom is 0.277 e. The number of thiophene rings is 1. The number of rotatable bonds is 7. The molecular formula is C23H26N2O4S. The second kappa shape index (κ2) is 8.92. The van der Waals surface area contributed by atoms with E-state index in [4.69, 9.17) is 9.47 Å². The Morgan fingerprint density at radius 3 is 2.40 bits per heavy atom. The number of carbonyl (C=O) groups is 2. The van der Waals surface area contributed by atoms with Gasteiger partial charge in [-0.1, -0.05) is 12.1 Å². The molecule has 0 unspecified atom stereocenters. The highest BCUT2D eigenvalue weighted by molar-refractivity contribution is 7.11. The average Bonchev–Trinajstić information content (AvgIpc) is 3.39. The van der Waals surface area contributed by atoms with Crippen molar-refractivity contribution >= 4 is 28.7 Å². The molecule has 2 amide bonds. The molecule has 6 nitrogen and oxygen atoms in total. The molecule has 158 valence electrons. The van der Waals surface area contributed by atoms with Crippen LogP contribution in [0.4, 0.5) is 0 Å². The Bertz CT molecular complexity index is 962. The quantitative estimate of drug-likeness (QED) is 0.634. The number of imide groups is 1. The first-order valence-corrected chi connectivity index (χ1v) is 11.1. The van der Waals surface area contributed by atoms with Gasteiger partial charge in [0.1, 0.15) is 5.70 Å². The molecule has 0 radical (unpaired) electrons. The van der Waals surface area contributed by atoms with Crippen molar-refractivity contribution in [3.8, 4) is 11.5 Å². The number of carbonyl (C=O) groups excluding carboxylic acids is 2. The molecule has 4 rings (SSSR count). The van der Waals surface area contributed by atoms with E-state index >= 15 is 0 Å². The molecule has 1 saturated heterocycles. The second-order valence-corrected chi connectivity index (χ2v) is 8.40. The van der Waals surface area contributed by atoms with Gasteiger partial charge < -0.3 is 14.4 Å². The zero-order valence-corrected chi connectivity index (χ0v) is 18.2. The summed E-state index contributed by atoms with van der Waals surface area (Å²) in [6, 6.07) is 9.52. The summed E-state index contributed by atoms with van der Waals surface area (Å²) in [7, 11) is 3.19. The van der Waals surface area contributed by atoms with Gasteiger partial charge in [0, 0.05) is 24.5 Å². The first kappa shape index (κ1) is 20.5. The monoisotopic (exact) mass is 426 g/mol. The van der Waals surface area contributed by atoms with Gasteiger partial charge >= 0.3 is 0 Å². The molecule has 2 aromatic rings. The molecule has 0 bridgehead atoms. The summed E-state index contributed by atoms with van der Waals surface area (Å²) < 4.78 is 10.7. The van der Waals surface area contributed by atoms with Gasteiger partial charge in [0.25, 0.3) is 11.8 Å². The Morgan fingerprint density at radius 2 is 1.73 bits per heavy atom. The van der Waals surface area contributed by atoms with E-state index in [-0.39, 0.29) is 11.8 Å². The van der Waals surface area contributed by atoms with E-state index in [0.717, 1.165) is 36.4 Å². The number of ether oxygens (including phenoxy) is 2. The second-order valence-electron chi connectivity index (χ2n) is 7.45. The minimum atomic E-state index is -0.191. The standard InChI is InChI=1S/C23H26N2O4S/c1-28-17-9-8-16(15-18(17)29-2)10-13-25-22(26)20(19-7-6-14-30-19)21(23(25)27)24-11-4-3-5-12-24/h6-9,14-15H,3-5,10-13H2,1-2H3. The molecule has 1 aromatic carbocycles. The van der Waals surface area contributed by atoms with Gasteiger partial charge in [-0.25, -0.2) is 0 Å². The Balaban J connectivity index is 1.57. The normalized spacial score (nSPS) is 17.1. The van der Waals surface area contributed by atoms with Crippen LogP contribution in [0.15, 0.2) is 41.4 Å². The van der Waals surface area contributed by atoms with Crippen molar-refractivity contribution in [2.75, 3.05) is 33.9 Å². The lowest BCUT2D eigenvalue weighted by Crippen LogP contribution is -2.38. The summed E-state index contributed by atoms with van der Waals surface area (Å²) in [5.41, 5.74) is 2.12. The molecule has 1 aromatic heterocycles. The highest BCUT2D eigenvalue weighted by Gasteiger charge is 2.41. The van der Waals surface area contributed by atoms with E-state index in [1.54, 1.807) is 14.2 Å². The van der Waals surface area contributed by atoms with Crippen LogP contribution in [0, 0.1) is 0 Å². The third-order valence-corrected chi connectivity index (χ3v) is 6.54. The van der Waals surface area contributed by atoms with E-state index in [9.17, 15) is 9.59 Å². The van der Waals surface area contributed by atoms with E-state index in [2.05, 4.69) is 4.90 Å². The van der Waals surface area contributed by atoms with Crippen molar-refractivity contribution in [3.63, 3.8) is 0 Å². The lowest BCUT2D eigenvalue weighted by atomic mass is 10.1. The Hall–Kier alpha value is -2.80. The minimum absolute atomic E-state index is 0.175. The van der Waals surface area contributed by atoms with Gasteiger partial charge in [-0.3, -0.25) is 14.5 Å². The van der Waals surface area contributed by atoms with Crippen LogP contribution in [-0.4, -0.2) is 55.5 Å². The summed E-state index contributed by atoms with van der Waals surface area (Å²) >= 11 is 1.50. The predicted molar refractivity (Wildman–Crippen MR) is 117 cm³/mol. The van der Waals surface area contributed by atoms with E-state index in [0.29, 0.717) is 35.7 Å². The molecular weight excluding hydrogens is 400 g/mol. The van der Waals surface area contributed by atoms with Crippen LogP contribution < -0.4 is 9.47 Å². The van der Waals surface area contributed by atoms with Crippen molar-refractivity contribution in [1.29, 1.82) is 0 Å². The average molecular weight is 427 g/mol. The molecule has 1 fully saturated rings. The molecule has 7 heteroatoms. The van der Waals surface area contributed by atoms with Crippen LogP contribution in [0.2, 0.25) is 0 Å². The number of methoxy groups -OCH3 is 2. The van der Waals surface area contributed by atoms with Crippen LogP contribution in [0.25, 0.3) is 5.57 Å². The number of likely N-dealkylation sites (tertiary alicyclic amines) is 1. The molecule has 0 aliphatic carbocycles. The highest BCUT2D eigenvalue weighted by atomic mass is 32.1. The van der Waals surface area contributed by atoms with Gasteiger partial charge in [0.05, 0.1) is 19.8 Å². The number of amides is 2. The lowest BCUT2D eigenvalue weighted by molar-refractivity contribution is -0.137. The summed E-state index contributed by atoms with van der Waals surface area (Å²) in [6.45, 7) is 1.98. The molecule has 0 spiro atoms. The Morgan fingerprint density at radius 1 is 0.967 bits per heavy atom. The topological polar surface area (TPSA) is 59.1 Å². The molecule has 3 heterocycles. The number of piperidine rings is 1. The van der Waals surface area contributed by atoms with Crippen molar-refractivity contribution in [1.82, 2.24) is 9.80 Å².